The van der Waals surface area contributed by atoms with Gasteiger partial charge >= 0.3 is 11.9 Å². The third kappa shape index (κ3) is 24.5. The summed E-state index contributed by atoms with van der Waals surface area (Å²) in [5.74, 6) is -0.922. The van der Waals surface area contributed by atoms with Crippen LogP contribution >= 0.6 is 11.8 Å². The molecule has 0 aromatic heterocycles. The van der Waals surface area contributed by atoms with Crippen molar-refractivity contribution in [3.05, 3.63) is 47.5 Å². The SMILES string of the molecule is CCCCCCCCCCCCCCCCCOC(=O)c1ccc(O)c(Sc2cc(C(=O)OCCCCCCCCCCCCCCCCC)ccc2O)c1. The van der Waals surface area contributed by atoms with Gasteiger partial charge in [0.1, 0.15) is 11.5 Å². The highest BCUT2D eigenvalue weighted by atomic mass is 32.2. The van der Waals surface area contributed by atoms with E-state index in [1.165, 1.54) is 166 Å². The fourth-order valence-electron chi connectivity index (χ4n) is 7.01. The molecule has 7 heteroatoms. The molecule has 2 aromatic carbocycles. The molecule has 0 bridgehead atoms. The fraction of sp³-hybridized carbons (Fsp3) is 0.708. The molecule has 55 heavy (non-hydrogen) atoms. The van der Waals surface area contributed by atoms with Gasteiger partial charge in [0.2, 0.25) is 0 Å². The average molecular weight is 783 g/mol. The van der Waals surface area contributed by atoms with E-state index in [-0.39, 0.29) is 11.5 Å². The van der Waals surface area contributed by atoms with Gasteiger partial charge in [-0.1, -0.05) is 205 Å². The minimum atomic E-state index is -0.437. The van der Waals surface area contributed by atoms with E-state index >= 15 is 0 Å². The molecule has 312 valence electrons. The molecule has 0 fully saturated rings. The van der Waals surface area contributed by atoms with Crippen molar-refractivity contribution in [3.8, 4) is 11.5 Å². The van der Waals surface area contributed by atoms with E-state index in [0.29, 0.717) is 34.1 Å². The van der Waals surface area contributed by atoms with Gasteiger partial charge in [-0.25, -0.2) is 9.59 Å². The van der Waals surface area contributed by atoms with E-state index in [4.69, 9.17) is 9.47 Å². The Morgan fingerprint density at radius 2 is 0.673 bits per heavy atom. The Kier molecular flexibility index (Phi) is 29.5. The zero-order valence-corrected chi connectivity index (χ0v) is 35.8. The summed E-state index contributed by atoms with van der Waals surface area (Å²) in [7, 11) is 0. The number of aromatic hydroxyl groups is 2. The van der Waals surface area contributed by atoms with E-state index in [9.17, 15) is 19.8 Å². The monoisotopic (exact) mass is 783 g/mol. The number of carbonyl (C=O) groups is 2. The van der Waals surface area contributed by atoms with Crippen molar-refractivity contribution in [1.82, 2.24) is 0 Å². The molecule has 2 aromatic rings. The highest BCUT2D eigenvalue weighted by Gasteiger charge is 2.16. The van der Waals surface area contributed by atoms with Gasteiger partial charge in [-0.3, -0.25) is 0 Å². The Bertz CT molecular complexity index is 1170. The molecule has 0 radical (unpaired) electrons. The number of hydrogen-bond acceptors (Lipinski definition) is 7. The van der Waals surface area contributed by atoms with Gasteiger partial charge in [-0.2, -0.15) is 0 Å². The third-order valence-corrected chi connectivity index (χ3v) is 11.7. The van der Waals surface area contributed by atoms with Crippen LogP contribution in [0.15, 0.2) is 46.2 Å². The predicted molar refractivity (Wildman–Crippen MR) is 231 cm³/mol. The van der Waals surface area contributed by atoms with Crippen molar-refractivity contribution in [1.29, 1.82) is 0 Å². The summed E-state index contributed by atoms with van der Waals surface area (Å²) in [6, 6.07) is 9.13. The van der Waals surface area contributed by atoms with Gasteiger partial charge in [-0.15, -0.1) is 0 Å². The first-order valence-electron chi connectivity index (χ1n) is 22.6. The standard InChI is InChI=1S/C48H78O6S/c1-3-5-7-9-11-13-15-17-19-21-23-25-27-29-31-37-53-47(51)41-33-35-43(49)45(39-41)55-46-40-42(34-36-44(46)50)48(52)54-38-32-30-28-26-24-22-20-18-16-14-12-10-8-6-4-2/h33-36,39-40,49-50H,3-32,37-38H2,1-2H3. The van der Waals surface area contributed by atoms with Crippen LogP contribution in [0.4, 0.5) is 0 Å². The number of carbonyl (C=O) groups excluding carboxylic acids is 2. The minimum Gasteiger partial charge on any atom is -0.507 e. The number of phenols is 2. The van der Waals surface area contributed by atoms with Crippen LogP contribution in [0.3, 0.4) is 0 Å². The summed E-state index contributed by atoms with van der Waals surface area (Å²) in [5.41, 5.74) is 0.666. The zero-order chi connectivity index (χ0) is 39.6. The Morgan fingerprint density at radius 1 is 0.418 bits per heavy atom. The van der Waals surface area contributed by atoms with Crippen LogP contribution in [0.2, 0.25) is 0 Å². The quantitative estimate of drug-likeness (QED) is 0.0525. The number of unbranched alkanes of at least 4 members (excludes halogenated alkanes) is 28. The molecular weight excluding hydrogens is 705 g/mol. The minimum absolute atomic E-state index is 0.0236. The number of hydrogen-bond donors (Lipinski definition) is 2. The van der Waals surface area contributed by atoms with E-state index < -0.39 is 11.9 Å². The summed E-state index contributed by atoms with van der Waals surface area (Å²) in [4.78, 5) is 26.3. The van der Waals surface area contributed by atoms with Gasteiger partial charge in [0.15, 0.2) is 0 Å². The molecule has 0 aliphatic carbocycles. The van der Waals surface area contributed by atoms with Crippen molar-refractivity contribution in [3.63, 3.8) is 0 Å². The molecule has 2 N–H and O–H groups in total. The van der Waals surface area contributed by atoms with Crippen LogP contribution in [0.25, 0.3) is 0 Å². The summed E-state index contributed by atoms with van der Waals surface area (Å²) in [5, 5.41) is 21.1. The number of benzene rings is 2. The number of ether oxygens (including phenoxy) is 2. The van der Waals surface area contributed by atoms with Gasteiger partial charge < -0.3 is 19.7 Å². The number of esters is 2. The van der Waals surface area contributed by atoms with E-state index in [2.05, 4.69) is 13.8 Å². The van der Waals surface area contributed by atoms with Gasteiger partial charge in [0.05, 0.1) is 34.1 Å². The maximum Gasteiger partial charge on any atom is 0.338 e. The second kappa shape index (κ2) is 33.5. The molecule has 0 atom stereocenters. The molecule has 0 amide bonds. The van der Waals surface area contributed by atoms with Crippen molar-refractivity contribution in [2.75, 3.05) is 13.2 Å². The van der Waals surface area contributed by atoms with Crippen LogP contribution in [-0.4, -0.2) is 35.4 Å². The Morgan fingerprint density at radius 3 is 0.945 bits per heavy atom. The molecule has 0 spiro atoms. The van der Waals surface area contributed by atoms with Crippen LogP contribution in [-0.2, 0) is 9.47 Å². The average Bonchev–Trinajstić information content (AvgIpc) is 3.19. The molecule has 0 unspecified atom stereocenters. The smallest absolute Gasteiger partial charge is 0.338 e. The normalized spacial score (nSPS) is 11.2. The molecule has 0 saturated heterocycles. The second-order valence-corrected chi connectivity index (χ2v) is 16.7. The fourth-order valence-corrected chi connectivity index (χ4v) is 7.96. The molecule has 0 saturated carbocycles. The number of rotatable bonds is 36. The summed E-state index contributed by atoms with van der Waals surface area (Å²) in [6.45, 7) is 5.27. The Balaban J connectivity index is 1.59. The molecular formula is C48H78O6S. The maximum atomic E-state index is 12.8. The second-order valence-electron chi connectivity index (χ2n) is 15.6. The molecule has 2 rings (SSSR count). The summed E-state index contributed by atoms with van der Waals surface area (Å²) >= 11 is 1.09. The lowest BCUT2D eigenvalue weighted by Crippen LogP contribution is -2.07. The van der Waals surface area contributed by atoms with E-state index in [0.717, 1.165) is 50.3 Å². The highest BCUT2D eigenvalue weighted by Crippen LogP contribution is 2.40. The summed E-state index contributed by atoms with van der Waals surface area (Å²) in [6.07, 6.45) is 38.5. The van der Waals surface area contributed by atoms with Crippen molar-refractivity contribution in [2.24, 2.45) is 0 Å². The Hall–Kier alpha value is -2.67. The van der Waals surface area contributed by atoms with Crippen LogP contribution in [0.1, 0.15) is 227 Å². The van der Waals surface area contributed by atoms with E-state index in [1.54, 1.807) is 24.3 Å². The lowest BCUT2D eigenvalue weighted by Gasteiger charge is -2.11. The first-order valence-corrected chi connectivity index (χ1v) is 23.5. The van der Waals surface area contributed by atoms with Crippen LogP contribution in [0, 0.1) is 0 Å². The lowest BCUT2D eigenvalue weighted by atomic mass is 10.0. The predicted octanol–water partition coefficient (Wildman–Crippen LogP) is 15.3. The van der Waals surface area contributed by atoms with Gasteiger partial charge in [0.25, 0.3) is 0 Å². The Labute approximate surface area is 340 Å². The van der Waals surface area contributed by atoms with Crippen molar-refractivity contribution < 1.29 is 29.3 Å². The van der Waals surface area contributed by atoms with Crippen LogP contribution in [0.5, 0.6) is 11.5 Å². The zero-order valence-electron chi connectivity index (χ0n) is 35.0. The molecule has 0 aliphatic heterocycles. The third-order valence-electron chi connectivity index (χ3n) is 10.6. The number of phenolic OH excluding ortho intramolecular Hbond substituents is 2. The van der Waals surface area contributed by atoms with E-state index in [1.807, 2.05) is 0 Å². The largest absolute Gasteiger partial charge is 0.507 e. The van der Waals surface area contributed by atoms with Gasteiger partial charge in [-0.05, 0) is 49.2 Å². The molecule has 0 heterocycles. The van der Waals surface area contributed by atoms with Gasteiger partial charge in [0, 0.05) is 0 Å². The first-order chi connectivity index (χ1) is 27.0. The maximum absolute atomic E-state index is 12.8. The van der Waals surface area contributed by atoms with Crippen LogP contribution < -0.4 is 0 Å². The van der Waals surface area contributed by atoms with Crippen molar-refractivity contribution >= 4 is 23.7 Å². The lowest BCUT2D eigenvalue weighted by molar-refractivity contribution is 0.0488. The molecule has 0 aliphatic rings. The first kappa shape index (κ1) is 48.5. The molecule has 6 nitrogen and oxygen atoms in total. The van der Waals surface area contributed by atoms with Crippen molar-refractivity contribution in [2.45, 2.75) is 216 Å². The topological polar surface area (TPSA) is 93.1 Å². The summed E-state index contributed by atoms with van der Waals surface area (Å²) < 4.78 is 11.1. The highest BCUT2D eigenvalue weighted by molar-refractivity contribution is 7.99.